The summed E-state index contributed by atoms with van der Waals surface area (Å²) in [5, 5.41) is 2.99. The Morgan fingerprint density at radius 2 is 1.88 bits per heavy atom. The number of para-hydroxylation sites is 1. The fourth-order valence-electron chi connectivity index (χ4n) is 3.25. The largest absolute Gasteiger partial charge is 0.310 e. The zero-order valence-electron chi connectivity index (χ0n) is 13.8. The second kappa shape index (κ2) is 5.64. The minimum atomic E-state index is -0.00184. The molecule has 0 fully saturated rings. The number of nitrogens with one attached hydrogen (secondary N) is 1. The van der Waals surface area contributed by atoms with Crippen molar-refractivity contribution in [3.63, 3.8) is 0 Å². The molecular formula is C20H19N3O. The summed E-state index contributed by atoms with van der Waals surface area (Å²) >= 11 is 0. The summed E-state index contributed by atoms with van der Waals surface area (Å²) in [7, 11) is 0. The van der Waals surface area contributed by atoms with Crippen molar-refractivity contribution in [2.45, 2.75) is 26.2 Å². The van der Waals surface area contributed by atoms with Crippen LogP contribution in [0.4, 0.5) is 5.82 Å². The molecule has 0 saturated heterocycles. The summed E-state index contributed by atoms with van der Waals surface area (Å²) in [4.78, 5) is 16.9. The predicted molar refractivity (Wildman–Crippen MR) is 94.6 cm³/mol. The molecule has 4 rings (SSSR count). The van der Waals surface area contributed by atoms with E-state index in [1.807, 2.05) is 34.9 Å². The molecule has 1 amide bonds. The highest BCUT2D eigenvalue weighted by molar-refractivity contribution is 5.94. The van der Waals surface area contributed by atoms with Crippen LogP contribution in [-0.2, 0) is 4.79 Å². The van der Waals surface area contributed by atoms with Gasteiger partial charge in [-0.05, 0) is 42.7 Å². The molecule has 0 spiro atoms. The zero-order valence-corrected chi connectivity index (χ0v) is 13.8. The van der Waals surface area contributed by atoms with Gasteiger partial charge in [-0.25, -0.2) is 4.98 Å². The van der Waals surface area contributed by atoms with Crippen LogP contribution >= 0.6 is 0 Å². The van der Waals surface area contributed by atoms with Gasteiger partial charge in [0, 0.05) is 18.0 Å². The van der Waals surface area contributed by atoms with E-state index < -0.39 is 0 Å². The van der Waals surface area contributed by atoms with Crippen LogP contribution in [0.3, 0.4) is 0 Å². The van der Waals surface area contributed by atoms with Gasteiger partial charge in [-0.15, -0.1) is 0 Å². The van der Waals surface area contributed by atoms with Crippen molar-refractivity contribution < 1.29 is 4.79 Å². The number of hydrogen-bond acceptors (Lipinski definition) is 2. The molecule has 120 valence electrons. The Balaban J connectivity index is 1.82. The minimum absolute atomic E-state index is 0.00184. The standard InChI is InChI=1S/C20H19N3O/c1-13-8-9-15(10-14(13)2)17-11-18(24)22-20-19(17)21-12-23(20)16-6-4-3-5-7-16/h3-10,12,17H,11H2,1-2H3,(H,22,24). The highest BCUT2D eigenvalue weighted by Crippen LogP contribution is 2.37. The summed E-state index contributed by atoms with van der Waals surface area (Å²) in [5.74, 6) is 0.807. The van der Waals surface area contributed by atoms with E-state index in [0.717, 1.165) is 22.8 Å². The first-order valence-electron chi connectivity index (χ1n) is 8.13. The van der Waals surface area contributed by atoms with Gasteiger partial charge < -0.3 is 5.32 Å². The van der Waals surface area contributed by atoms with Crippen molar-refractivity contribution >= 4 is 11.7 Å². The molecule has 1 atom stereocenters. The Morgan fingerprint density at radius 3 is 2.62 bits per heavy atom. The molecule has 24 heavy (non-hydrogen) atoms. The first-order valence-corrected chi connectivity index (χ1v) is 8.13. The maximum Gasteiger partial charge on any atom is 0.226 e. The molecule has 4 nitrogen and oxygen atoms in total. The van der Waals surface area contributed by atoms with Crippen molar-refractivity contribution in [2.24, 2.45) is 0 Å². The van der Waals surface area contributed by atoms with Crippen LogP contribution in [0.2, 0.25) is 0 Å². The quantitative estimate of drug-likeness (QED) is 0.777. The third kappa shape index (κ3) is 2.40. The number of imidazole rings is 1. The third-order valence-corrected chi connectivity index (χ3v) is 4.74. The minimum Gasteiger partial charge on any atom is -0.310 e. The van der Waals surface area contributed by atoms with Crippen LogP contribution in [0.5, 0.6) is 0 Å². The average molecular weight is 317 g/mol. The Kier molecular flexibility index (Phi) is 3.45. The van der Waals surface area contributed by atoms with Gasteiger partial charge in [0.1, 0.15) is 12.1 Å². The van der Waals surface area contributed by atoms with E-state index in [9.17, 15) is 4.79 Å². The third-order valence-electron chi connectivity index (χ3n) is 4.74. The fourth-order valence-corrected chi connectivity index (χ4v) is 3.25. The summed E-state index contributed by atoms with van der Waals surface area (Å²) in [6.07, 6.45) is 2.22. The number of benzene rings is 2. The second-order valence-corrected chi connectivity index (χ2v) is 6.33. The Labute approximate surface area is 141 Å². The van der Waals surface area contributed by atoms with Crippen LogP contribution in [0.15, 0.2) is 54.9 Å². The van der Waals surface area contributed by atoms with Gasteiger partial charge in [-0.1, -0.05) is 36.4 Å². The van der Waals surface area contributed by atoms with Crippen LogP contribution < -0.4 is 5.32 Å². The fraction of sp³-hybridized carbons (Fsp3) is 0.200. The molecule has 1 N–H and O–H groups in total. The summed E-state index contributed by atoms with van der Waals surface area (Å²) in [6.45, 7) is 4.20. The van der Waals surface area contributed by atoms with E-state index in [0.29, 0.717) is 6.42 Å². The molecule has 1 aliphatic rings. The van der Waals surface area contributed by atoms with E-state index >= 15 is 0 Å². The molecule has 1 unspecified atom stereocenters. The maximum absolute atomic E-state index is 12.3. The van der Waals surface area contributed by atoms with Gasteiger partial charge in [0.2, 0.25) is 5.91 Å². The second-order valence-electron chi connectivity index (χ2n) is 6.33. The molecule has 1 aliphatic heterocycles. The lowest BCUT2D eigenvalue weighted by atomic mass is 9.88. The highest BCUT2D eigenvalue weighted by Gasteiger charge is 2.31. The van der Waals surface area contributed by atoms with Gasteiger partial charge in [-0.3, -0.25) is 9.36 Å². The maximum atomic E-state index is 12.3. The Hall–Kier alpha value is -2.88. The highest BCUT2D eigenvalue weighted by atomic mass is 16.1. The van der Waals surface area contributed by atoms with E-state index in [1.165, 1.54) is 11.1 Å². The van der Waals surface area contributed by atoms with E-state index in [4.69, 9.17) is 0 Å². The van der Waals surface area contributed by atoms with E-state index in [2.05, 4.69) is 42.3 Å². The van der Waals surface area contributed by atoms with Gasteiger partial charge in [0.15, 0.2) is 0 Å². The van der Waals surface area contributed by atoms with Crippen LogP contribution in [0.25, 0.3) is 5.69 Å². The molecular weight excluding hydrogens is 298 g/mol. The number of hydrogen-bond donors (Lipinski definition) is 1. The average Bonchev–Trinajstić information content (AvgIpc) is 3.01. The Bertz CT molecular complexity index is 912. The first-order chi connectivity index (χ1) is 11.6. The smallest absolute Gasteiger partial charge is 0.226 e. The lowest BCUT2D eigenvalue weighted by Gasteiger charge is -2.24. The molecule has 0 saturated carbocycles. The molecule has 2 aromatic carbocycles. The summed E-state index contributed by atoms with van der Waals surface area (Å²) < 4.78 is 1.94. The lowest BCUT2D eigenvalue weighted by molar-refractivity contribution is -0.116. The van der Waals surface area contributed by atoms with Gasteiger partial charge in [0.25, 0.3) is 0 Å². The number of carbonyl (C=O) groups is 1. The van der Waals surface area contributed by atoms with Crippen LogP contribution in [0, 0.1) is 13.8 Å². The molecule has 2 heterocycles. The topological polar surface area (TPSA) is 46.9 Å². The van der Waals surface area contributed by atoms with Gasteiger partial charge in [-0.2, -0.15) is 0 Å². The SMILES string of the molecule is Cc1ccc(C2CC(=O)Nc3c2ncn3-c2ccccc2)cc1C. The zero-order chi connectivity index (χ0) is 16.7. The molecule has 0 radical (unpaired) electrons. The number of aryl methyl sites for hydroxylation is 2. The van der Waals surface area contributed by atoms with E-state index in [-0.39, 0.29) is 11.8 Å². The van der Waals surface area contributed by atoms with Crippen molar-refractivity contribution in [3.05, 3.63) is 77.2 Å². The predicted octanol–water partition coefficient (Wildman–Crippen LogP) is 3.96. The van der Waals surface area contributed by atoms with E-state index in [1.54, 1.807) is 6.33 Å². The first kappa shape index (κ1) is 14.7. The number of amides is 1. The monoisotopic (exact) mass is 317 g/mol. The molecule has 0 aliphatic carbocycles. The molecule has 1 aromatic heterocycles. The summed E-state index contributed by atoms with van der Waals surface area (Å²) in [5.41, 5.74) is 5.57. The van der Waals surface area contributed by atoms with Crippen molar-refractivity contribution in [3.8, 4) is 5.69 Å². The molecule has 3 aromatic rings. The number of carbonyl (C=O) groups excluding carboxylic acids is 1. The molecule has 0 bridgehead atoms. The van der Waals surface area contributed by atoms with Gasteiger partial charge >= 0.3 is 0 Å². The normalized spacial score (nSPS) is 16.6. The van der Waals surface area contributed by atoms with Crippen molar-refractivity contribution in [1.29, 1.82) is 0 Å². The number of anilines is 1. The van der Waals surface area contributed by atoms with Crippen molar-refractivity contribution in [2.75, 3.05) is 5.32 Å². The van der Waals surface area contributed by atoms with Crippen molar-refractivity contribution in [1.82, 2.24) is 9.55 Å². The van der Waals surface area contributed by atoms with Crippen LogP contribution in [-0.4, -0.2) is 15.5 Å². The molecule has 4 heteroatoms. The van der Waals surface area contributed by atoms with Crippen LogP contribution in [0.1, 0.15) is 34.7 Å². The number of rotatable bonds is 2. The van der Waals surface area contributed by atoms with Gasteiger partial charge in [0.05, 0.1) is 5.69 Å². The Morgan fingerprint density at radius 1 is 1.08 bits per heavy atom. The lowest BCUT2D eigenvalue weighted by Crippen LogP contribution is -2.25. The number of aromatic nitrogens is 2. The number of fused-ring (bicyclic) bond motifs is 1. The summed E-state index contributed by atoms with van der Waals surface area (Å²) in [6, 6.07) is 16.3. The number of nitrogens with zero attached hydrogens (tertiary/aromatic N) is 2.